The van der Waals surface area contributed by atoms with E-state index in [4.69, 9.17) is 4.42 Å². The monoisotopic (exact) mass is 393 g/mol. The standard InChI is InChI=1S/C18H14F3N3O2S/c19-18(20,21)15-8-27-16(23-15)13-3-9-1-2-11(5-14(9)26-17(13)25)24-7-10-4-12(24)6-22-10/h1-3,5,8,10,12,22H,4,6-7H2. The highest BCUT2D eigenvalue weighted by Gasteiger charge is 2.37. The van der Waals surface area contributed by atoms with E-state index in [9.17, 15) is 18.0 Å². The van der Waals surface area contributed by atoms with E-state index >= 15 is 0 Å². The Bertz CT molecular complexity index is 1090. The van der Waals surface area contributed by atoms with E-state index in [2.05, 4.69) is 15.2 Å². The van der Waals surface area contributed by atoms with Crippen LogP contribution < -0.4 is 15.8 Å². The molecule has 140 valence electrons. The van der Waals surface area contributed by atoms with Crippen LogP contribution in [0.25, 0.3) is 21.5 Å². The first-order valence-corrected chi connectivity index (χ1v) is 9.37. The second kappa shape index (κ2) is 5.80. The van der Waals surface area contributed by atoms with Crippen LogP contribution in [-0.4, -0.2) is 30.2 Å². The van der Waals surface area contributed by atoms with Crippen molar-refractivity contribution in [2.45, 2.75) is 24.7 Å². The van der Waals surface area contributed by atoms with E-state index < -0.39 is 17.5 Å². The average molecular weight is 393 g/mol. The summed E-state index contributed by atoms with van der Waals surface area (Å²) in [6, 6.07) is 8.08. The largest absolute Gasteiger partial charge is 0.434 e. The van der Waals surface area contributed by atoms with Gasteiger partial charge in [0, 0.05) is 47.7 Å². The molecule has 5 rings (SSSR count). The summed E-state index contributed by atoms with van der Waals surface area (Å²) in [7, 11) is 0. The van der Waals surface area contributed by atoms with Gasteiger partial charge in [-0.1, -0.05) is 0 Å². The van der Waals surface area contributed by atoms with Crippen molar-refractivity contribution in [1.82, 2.24) is 10.3 Å². The number of nitrogens with zero attached hydrogens (tertiary/aromatic N) is 2. The summed E-state index contributed by atoms with van der Waals surface area (Å²) in [6.45, 7) is 1.86. The number of hydrogen-bond acceptors (Lipinski definition) is 6. The zero-order chi connectivity index (χ0) is 18.8. The van der Waals surface area contributed by atoms with Gasteiger partial charge in [0.05, 0.1) is 5.56 Å². The van der Waals surface area contributed by atoms with Gasteiger partial charge in [0.25, 0.3) is 0 Å². The van der Waals surface area contributed by atoms with Crippen molar-refractivity contribution in [1.29, 1.82) is 0 Å². The molecular formula is C18H14F3N3O2S. The van der Waals surface area contributed by atoms with Crippen molar-refractivity contribution in [3.63, 3.8) is 0 Å². The van der Waals surface area contributed by atoms with Gasteiger partial charge in [-0.15, -0.1) is 11.3 Å². The molecule has 27 heavy (non-hydrogen) atoms. The summed E-state index contributed by atoms with van der Waals surface area (Å²) >= 11 is 0.778. The number of halogens is 3. The normalized spacial score (nSPS) is 22.1. The van der Waals surface area contributed by atoms with Crippen LogP contribution in [-0.2, 0) is 6.18 Å². The predicted molar refractivity (Wildman–Crippen MR) is 96.1 cm³/mol. The van der Waals surface area contributed by atoms with Crippen molar-refractivity contribution in [2.24, 2.45) is 0 Å². The number of benzene rings is 1. The molecule has 2 aromatic heterocycles. The molecule has 1 aromatic carbocycles. The number of rotatable bonds is 2. The van der Waals surface area contributed by atoms with Crippen molar-refractivity contribution in [3.8, 4) is 10.6 Å². The lowest BCUT2D eigenvalue weighted by Gasteiger charge is -2.29. The summed E-state index contributed by atoms with van der Waals surface area (Å²) in [5.41, 5.74) is -0.242. The van der Waals surface area contributed by atoms with Crippen LogP contribution in [0, 0.1) is 0 Å². The summed E-state index contributed by atoms with van der Waals surface area (Å²) < 4.78 is 43.7. The van der Waals surface area contributed by atoms with Gasteiger partial charge in [-0.25, -0.2) is 9.78 Å². The Morgan fingerprint density at radius 1 is 1.30 bits per heavy atom. The van der Waals surface area contributed by atoms with Crippen molar-refractivity contribution < 1.29 is 17.6 Å². The number of nitrogens with one attached hydrogen (secondary N) is 1. The molecule has 0 amide bonds. The molecule has 2 aliphatic heterocycles. The number of piperazine rings is 1. The third-order valence-corrected chi connectivity index (χ3v) is 6.01. The molecule has 0 aliphatic carbocycles. The Morgan fingerprint density at radius 2 is 2.15 bits per heavy atom. The highest BCUT2D eigenvalue weighted by molar-refractivity contribution is 7.13. The Labute approximate surface area is 155 Å². The van der Waals surface area contributed by atoms with Crippen LogP contribution in [0.15, 0.2) is 38.9 Å². The second-order valence-electron chi connectivity index (χ2n) is 6.85. The Hall–Kier alpha value is -2.39. The maximum absolute atomic E-state index is 12.8. The van der Waals surface area contributed by atoms with E-state index in [0.717, 1.165) is 41.9 Å². The molecule has 5 nitrogen and oxygen atoms in total. The summed E-state index contributed by atoms with van der Waals surface area (Å²) in [4.78, 5) is 18.2. The van der Waals surface area contributed by atoms with E-state index in [0.29, 0.717) is 23.1 Å². The summed E-state index contributed by atoms with van der Waals surface area (Å²) in [5.74, 6) is 0. The summed E-state index contributed by atoms with van der Waals surface area (Å²) in [6.07, 6.45) is -3.43. The van der Waals surface area contributed by atoms with Crippen LogP contribution in [0.2, 0.25) is 0 Å². The van der Waals surface area contributed by atoms with Crippen molar-refractivity contribution in [3.05, 3.63) is 45.8 Å². The van der Waals surface area contributed by atoms with Gasteiger partial charge in [0.15, 0.2) is 5.69 Å². The maximum atomic E-state index is 12.8. The highest BCUT2D eigenvalue weighted by Crippen LogP contribution is 2.34. The molecule has 2 atom stereocenters. The number of fused-ring (bicyclic) bond motifs is 3. The van der Waals surface area contributed by atoms with Gasteiger partial charge in [-0.2, -0.15) is 13.2 Å². The van der Waals surface area contributed by atoms with Crippen LogP contribution >= 0.6 is 11.3 Å². The highest BCUT2D eigenvalue weighted by atomic mass is 32.1. The fraction of sp³-hybridized carbons (Fsp3) is 0.333. The molecule has 2 bridgehead atoms. The van der Waals surface area contributed by atoms with Gasteiger partial charge in [-0.05, 0) is 24.6 Å². The molecule has 0 spiro atoms. The number of thiazole rings is 1. The molecule has 0 radical (unpaired) electrons. The number of alkyl halides is 3. The molecule has 2 unspecified atom stereocenters. The lowest BCUT2D eigenvalue weighted by atomic mass is 10.1. The number of hydrogen-bond donors (Lipinski definition) is 1. The van der Waals surface area contributed by atoms with Gasteiger partial charge in [0.1, 0.15) is 10.6 Å². The van der Waals surface area contributed by atoms with Crippen molar-refractivity contribution >= 4 is 28.0 Å². The fourth-order valence-corrected chi connectivity index (χ4v) is 4.66. The van der Waals surface area contributed by atoms with Crippen LogP contribution in [0.1, 0.15) is 12.1 Å². The molecule has 1 N–H and O–H groups in total. The maximum Gasteiger partial charge on any atom is 0.434 e. The number of aromatic nitrogens is 1. The molecule has 2 saturated heterocycles. The van der Waals surface area contributed by atoms with Crippen LogP contribution in [0.4, 0.5) is 18.9 Å². The molecule has 4 heterocycles. The topological polar surface area (TPSA) is 58.4 Å². The molecule has 2 fully saturated rings. The van der Waals surface area contributed by atoms with Gasteiger partial charge >= 0.3 is 11.8 Å². The third kappa shape index (κ3) is 2.81. The van der Waals surface area contributed by atoms with Crippen LogP contribution in [0.5, 0.6) is 0 Å². The Kier molecular flexibility index (Phi) is 3.60. The van der Waals surface area contributed by atoms with Gasteiger partial charge < -0.3 is 14.6 Å². The molecular weight excluding hydrogens is 379 g/mol. The lowest BCUT2D eigenvalue weighted by molar-refractivity contribution is -0.140. The third-order valence-electron chi connectivity index (χ3n) is 5.13. The smallest absolute Gasteiger partial charge is 0.422 e. The Morgan fingerprint density at radius 3 is 2.81 bits per heavy atom. The first-order chi connectivity index (χ1) is 12.9. The molecule has 0 saturated carbocycles. The first-order valence-electron chi connectivity index (χ1n) is 8.49. The quantitative estimate of drug-likeness (QED) is 0.676. The number of anilines is 1. The first kappa shape index (κ1) is 16.8. The average Bonchev–Trinajstić information content (AvgIpc) is 3.36. The van der Waals surface area contributed by atoms with E-state index in [1.807, 2.05) is 18.2 Å². The second-order valence-corrected chi connectivity index (χ2v) is 7.71. The minimum atomic E-state index is -4.54. The Balaban J connectivity index is 1.53. The molecule has 9 heteroatoms. The van der Waals surface area contributed by atoms with E-state index in [1.54, 1.807) is 6.07 Å². The fourth-order valence-electron chi connectivity index (χ4n) is 3.83. The SMILES string of the molecule is O=c1oc2cc(N3CC4CC3CN4)ccc2cc1-c1nc(C(F)(F)F)cs1. The van der Waals surface area contributed by atoms with E-state index in [1.165, 1.54) is 0 Å². The van der Waals surface area contributed by atoms with E-state index in [-0.39, 0.29) is 10.6 Å². The zero-order valence-electron chi connectivity index (χ0n) is 13.9. The minimum absolute atomic E-state index is 0.00461. The predicted octanol–water partition coefficient (Wildman–Crippen LogP) is 3.49. The molecule has 2 aliphatic rings. The lowest BCUT2D eigenvalue weighted by Crippen LogP contribution is -2.43. The summed E-state index contributed by atoms with van der Waals surface area (Å²) in [5, 5.41) is 5.00. The molecule has 3 aromatic rings. The van der Waals surface area contributed by atoms with Crippen LogP contribution in [0.3, 0.4) is 0 Å². The van der Waals surface area contributed by atoms with Crippen molar-refractivity contribution in [2.75, 3.05) is 18.0 Å². The van der Waals surface area contributed by atoms with Gasteiger partial charge in [0.2, 0.25) is 0 Å². The van der Waals surface area contributed by atoms with Gasteiger partial charge in [-0.3, -0.25) is 0 Å². The minimum Gasteiger partial charge on any atom is -0.422 e. The zero-order valence-corrected chi connectivity index (χ0v) is 14.7.